The van der Waals surface area contributed by atoms with Crippen LogP contribution in [0.3, 0.4) is 0 Å². The van der Waals surface area contributed by atoms with Gasteiger partial charge in [-0.2, -0.15) is 23.4 Å². The molecule has 2 aliphatic heterocycles. The second kappa shape index (κ2) is 9.34. The number of carbonyl (C=O) groups excluding carboxylic acids is 2. The van der Waals surface area contributed by atoms with Crippen molar-refractivity contribution in [2.75, 3.05) is 26.7 Å². The van der Waals surface area contributed by atoms with Gasteiger partial charge in [-0.15, -0.1) is 0 Å². The van der Waals surface area contributed by atoms with Crippen molar-refractivity contribution in [1.29, 1.82) is 5.26 Å². The van der Waals surface area contributed by atoms with Gasteiger partial charge in [0.1, 0.15) is 5.75 Å². The lowest BCUT2D eigenvalue weighted by molar-refractivity contribution is -0.138. The third-order valence-corrected chi connectivity index (χ3v) is 6.30. The molecule has 4 rings (SSSR count). The molecule has 2 heterocycles. The Morgan fingerprint density at radius 1 is 1.17 bits per heavy atom. The summed E-state index contributed by atoms with van der Waals surface area (Å²) in [6.07, 6.45) is -3.29. The van der Waals surface area contributed by atoms with Crippen molar-refractivity contribution >= 4 is 34.8 Å². The van der Waals surface area contributed by atoms with E-state index in [4.69, 9.17) is 10.00 Å². The lowest BCUT2D eigenvalue weighted by Crippen LogP contribution is -2.49. The van der Waals surface area contributed by atoms with E-state index in [9.17, 15) is 27.9 Å². The standard InChI is InChI=1S/C23H17F3N4O4S/c1-29-6-7-30(12-20(29)32)22-28-21(33)19(35-22)10-13-2-5-18(16(31)9-13)34-17-4-3-14(11-27)8-15(17)23(24,25)26/h2-5,8-10,31H,6-7,12H2,1H3/b19-10-. The van der Waals surface area contributed by atoms with Crippen LogP contribution in [0.2, 0.25) is 0 Å². The Bertz CT molecular complexity index is 1320. The number of likely N-dealkylation sites (N-methyl/N-ethyl adjacent to an activating group) is 1. The lowest BCUT2D eigenvalue weighted by atomic mass is 10.1. The summed E-state index contributed by atoms with van der Waals surface area (Å²) < 4.78 is 45.4. The predicted molar refractivity (Wildman–Crippen MR) is 122 cm³/mol. The van der Waals surface area contributed by atoms with Gasteiger partial charge in [0, 0.05) is 20.1 Å². The predicted octanol–water partition coefficient (Wildman–Crippen LogP) is 3.82. The Labute approximate surface area is 201 Å². The number of carbonyl (C=O) groups is 2. The minimum Gasteiger partial charge on any atom is -0.504 e. The van der Waals surface area contributed by atoms with Crippen LogP contribution in [-0.2, 0) is 15.8 Å². The summed E-state index contributed by atoms with van der Waals surface area (Å²) in [7, 11) is 1.70. The van der Waals surface area contributed by atoms with Crippen molar-refractivity contribution in [3.8, 4) is 23.3 Å². The maximum atomic E-state index is 13.4. The van der Waals surface area contributed by atoms with Crippen LogP contribution in [0.5, 0.6) is 17.2 Å². The summed E-state index contributed by atoms with van der Waals surface area (Å²) in [5, 5.41) is 19.6. The molecule has 0 aromatic heterocycles. The number of hydrogen-bond donors (Lipinski definition) is 1. The zero-order chi connectivity index (χ0) is 25.3. The van der Waals surface area contributed by atoms with Crippen molar-refractivity contribution in [3.63, 3.8) is 0 Å². The minimum atomic E-state index is -4.77. The van der Waals surface area contributed by atoms with Crippen LogP contribution in [0, 0.1) is 11.3 Å². The van der Waals surface area contributed by atoms with Gasteiger partial charge in [-0.25, -0.2) is 0 Å². The molecule has 180 valence electrons. The molecule has 0 radical (unpaired) electrons. The molecule has 12 heteroatoms. The van der Waals surface area contributed by atoms with Crippen molar-refractivity contribution in [2.45, 2.75) is 6.18 Å². The molecule has 0 aliphatic carbocycles. The average Bonchev–Trinajstić information content (AvgIpc) is 3.17. The number of ether oxygens (including phenoxy) is 1. The Kier molecular flexibility index (Phi) is 6.45. The highest BCUT2D eigenvalue weighted by molar-refractivity contribution is 8.18. The second-order valence-electron chi connectivity index (χ2n) is 7.70. The smallest absolute Gasteiger partial charge is 0.420 e. The van der Waals surface area contributed by atoms with E-state index in [0.717, 1.165) is 17.8 Å². The quantitative estimate of drug-likeness (QED) is 0.636. The van der Waals surface area contributed by atoms with Crippen molar-refractivity contribution in [3.05, 3.63) is 58.0 Å². The van der Waals surface area contributed by atoms with Gasteiger partial charge in [0.15, 0.2) is 16.7 Å². The molecule has 2 aliphatic rings. The van der Waals surface area contributed by atoms with Gasteiger partial charge in [-0.3, -0.25) is 9.59 Å². The average molecular weight is 502 g/mol. The molecule has 2 aromatic rings. The molecule has 0 spiro atoms. The van der Waals surface area contributed by atoms with E-state index in [2.05, 4.69) is 4.99 Å². The lowest BCUT2D eigenvalue weighted by Gasteiger charge is -2.32. The monoisotopic (exact) mass is 502 g/mol. The fourth-order valence-corrected chi connectivity index (χ4v) is 4.28. The number of piperazine rings is 1. The number of amides is 2. The summed E-state index contributed by atoms with van der Waals surface area (Å²) in [4.78, 5) is 31.9. The number of nitrogens with zero attached hydrogens (tertiary/aromatic N) is 4. The van der Waals surface area contributed by atoms with E-state index in [-0.39, 0.29) is 28.7 Å². The Hall–Kier alpha value is -3.98. The second-order valence-corrected chi connectivity index (χ2v) is 8.71. The summed E-state index contributed by atoms with van der Waals surface area (Å²) in [5.74, 6) is -1.83. The first-order valence-electron chi connectivity index (χ1n) is 10.2. The molecular weight excluding hydrogens is 485 g/mol. The van der Waals surface area contributed by atoms with Gasteiger partial charge in [0.05, 0.1) is 28.6 Å². The number of halogens is 3. The van der Waals surface area contributed by atoms with Gasteiger partial charge in [-0.05, 0) is 53.7 Å². The number of hydrogen-bond acceptors (Lipinski definition) is 7. The van der Waals surface area contributed by atoms with E-state index >= 15 is 0 Å². The van der Waals surface area contributed by atoms with E-state index in [1.54, 1.807) is 22.9 Å². The number of benzene rings is 2. The zero-order valence-corrected chi connectivity index (χ0v) is 19.0. The number of thioether (sulfide) groups is 1. The van der Waals surface area contributed by atoms with Crippen molar-refractivity contribution in [1.82, 2.24) is 9.80 Å². The number of alkyl halides is 3. The number of aromatic hydroxyl groups is 1. The Morgan fingerprint density at radius 2 is 1.91 bits per heavy atom. The van der Waals surface area contributed by atoms with Gasteiger partial charge >= 0.3 is 6.18 Å². The topological polar surface area (TPSA) is 106 Å². The molecule has 2 amide bonds. The summed E-state index contributed by atoms with van der Waals surface area (Å²) in [5.41, 5.74) is -0.938. The van der Waals surface area contributed by atoms with E-state index in [0.29, 0.717) is 29.9 Å². The normalized spacial score (nSPS) is 17.6. The highest BCUT2D eigenvalue weighted by Gasteiger charge is 2.35. The Morgan fingerprint density at radius 3 is 2.57 bits per heavy atom. The van der Waals surface area contributed by atoms with Gasteiger partial charge < -0.3 is 19.6 Å². The maximum Gasteiger partial charge on any atom is 0.420 e. The number of aliphatic imine (C=N–C) groups is 1. The number of phenols is 1. The summed E-state index contributed by atoms with van der Waals surface area (Å²) in [6.45, 7) is 1.16. The van der Waals surface area contributed by atoms with E-state index < -0.39 is 29.1 Å². The van der Waals surface area contributed by atoms with Crippen LogP contribution in [0.1, 0.15) is 16.7 Å². The molecule has 2 aromatic carbocycles. The summed E-state index contributed by atoms with van der Waals surface area (Å²) >= 11 is 1.10. The fourth-order valence-electron chi connectivity index (χ4n) is 3.35. The molecule has 1 N–H and O–H groups in total. The molecule has 0 bridgehead atoms. The van der Waals surface area contributed by atoms with Crippen LogP contribution in [0.4, 0.5) is 13.2 Å². The summed E-state index contributed by atoms with van der Waals surface area (Å²) in [6, 6.07) is 8.46. The number of amidine groups is 1. The number of phenolic OH excluding ortho intramolecular Hbond substituents is 1. The third-order valence-electron chi connectivity index (χ3n) is 5.25. The molecule has 1 saturated heterocycles. The molecule has 0 atom stereocenters. The minimum absolute atomic E-state index is 0.0825. The van der Waals surface area contributed by atoms with Gasteiger partial charge in [0.25, 0.3) is 5.91 Å². The van der Waals surface area contributed by atoms with Gasteiger partial charge in [-0.1, -0.05) is 6.07 Å². The SMILES string of the molecule is CN1CCN(C2=NC(=O)/C(=C/c3ccc(Oc4ccc(C#N)cc4C(F)(F)F)c(O)c3)S2)CC1=O. The first kappa shape index (κ1) is 24.2. The van der Waals surface area contributed by atoms with Crippen LogP contribution in [-0.4, -0.2) is 58.6 Å². The van der Waals surface area contributed by atoms with Crippen LogP contribution >= 0.6 is 11.8 Å². The fraction of sp³-hybridized carbons (Fsp3) is 0.217. The molecule has 1 fully saturated rings. The van der Waals surface area contributed by atoms with Crippen molar-refractivity contribution in [2.24, 2.45) is 4.99 Å². The van der Waals surface area contributed by atoms with Gasteiger partial charge in [0.2, 0.25) is 5.91 Å². The molecule has 0 unspecified atom stereocenters. The van der Waals surface area contributed by atoms with Crippen molar-refractivity contribution < 1.29 is 32.6 Å². The van der Waals surface area contributed by atoms with Crippen LogP contribution < -0.4 is 4.74 Å². The Balaban J connectivity index is 1.51. The molecule has 8 nitrogen and oxygen atoms in total. The first-order valence-corrected chi connectivity index (χ1v) is 11.0. The van der Waals surface area contributed by atoms with Crippen LogP contribution in [0.25, 0.3) is 6.08 Å². The number of rotatable bonds is 3. The first-order chi connectivity index (χ1) is 16.5. The number of nitriles is 1. The third kappa shape index (κ3) is 5.25. The molecular formula is C23H17F3N4O4S. The largest absolute Gasteiger partial charge is 0.504 e. The maximum absolute atomic E-state index is 13.4. The highest BCUT2D eigenvalue weighted by atomic mass is 32.2. The highest BCUT2D eigenvalue weighted by Crippen LogP contribution is 2.41. The zero-order valence-electron chi connectivity index (χ0n) is 18.2. The van der Waals surface area contributed by atoms with E-state index in [1.807, 2.05) is 0 Å². The molecule has 35 heavy (non-hydrogen) atoms. The molecule has 0 saturated carbocycles. The van der Waals surface area contributed by atoms with E-state index in [1.165, 1.54) is 30.3 Å². The van der Waals surface area contributed by atoms with Crippen LogP contribution in [0.15, 0.2) is 46.3 Å².